The maximum absolute atomic E-state index is 12.4. The average molecular weight is 431 g/mol. The van der Waals surface area contributed by atoms with Crippen molar-refractivity contribution in [3.63, 3.8) is 0 Å². The Morgan fingerprint density at radius 3 is 2.46 bits per heavy atom. The molecule has 0 radical (unpaired) electrons. The summed E-state index contributed by atoms with van der Waals surface area (Å²) in [6.07, 6.45) is 9.57. The van der Waals surface area contributed by atoms with Crippen molar-refractivity contribution >= 4 is 34.3 Å². The summed E-state index contributed by atoms with van der Waals surface area (Å²) in [4.78, 5) is 12.4. The molecule has 4 nitrogen and oxygen atoms in total. The third-order valence-corrected chi connectivity index (χ3v) is 6.94. The highest BCUT2D eigenvalue weighted by molar-refractivity contribution is 8.13. The molecule has 1 amide bonds. The van der Waals surface area contributed by atoms with E-state index in [1.54, 1.807) is 0 Å². The highest BCUT2D eigenvalue weighted by Gasteiger charge is 2.46. The van der Waals surface area contributed by atoms with Crippen LogP contribution in [0.3, 0.4) is 0 Å². The Balaban J connectivity index is 2.64. The molecule has 164 valence electrons. The Morgan fingerprint density at radius 2 is 1.82 bits per heavy atom. The van der Waals surface area contributed by atoms with Crippen molar-refractivity contribution in [2.75, 3.05) is 12.4 Å². The zero-order chi connectivity index (χ0) is 21.2. The lowest BCUT2D eigenvalue weighted by Gasteiger charge is -2.49. The number of thioether (sulfide) groups is 1. The van der Waals surface area contributed by atoms with Gasteiger partial charge in [0.25, 0.3) is 5.24 Å². The lowest BCUT2D eigenvalue weighted by atomic mass is 9.60. The van der Waals surface area contributed by atoms with Gasteiger partial charge in [0.15, 0.2) is 5.05 Å². The van der Waals surface area contributed by atoms with Gasteiger partial charge in [0.05, 0.1) is 12.6 Å². The Bertz CT molecular complexity index is 499. The van der Waals surface area contributed by atoms with Gasteiger partial charge in [-0.2, -0.15) is 0 Å². The van der Waals surface area contributed by atoms with E-state index in [-0.39, 0.29) is 28.2 Å². The van der Waals surface area contributed by atoms with Gasteiger partial charge in [-0.1, -0.05) is 72.1 Å². The Kier molecular flexibility index (Phi) is 11.4. The van der Waals surface area contributed by atoms with E-state index in [9.17, 15) is 4.79 Å². The molecule has 1 aliphatic carbocycles. The van der Waals surface area contributed by atoms with Gasteiger partial charge in [0.1, 0.15) is 0 Å². The molecule has 0 aromatic rings. The predicted octanol–water partition coefficient (Wildman–Crippen LogP) is 6.07. The van der Waals surface area contributed by atoms with E-state index in [0.29, 0.717) is 11.7 Å². The smallest absolute Gasteiger partial charge is 0.279 e. The van der Waals surface area contributed by atoms with Gasteiger partial charge in [0, 0.05) is 11.8 Å². The highest BCUT2D eigenvalue weighted by Crippen LogP contribution is 2.48. The van der Waals surface area contributed by atoms with Gasteiger partial charge < -0.3 is 15.8 Å². The average Bonchev–Trinajstić information content (AvgIpc) is 2.60. The van der Waals surface area contributed by atoms with E-state index in [1.807, 2.05) is 0 Å². The normalized spacial score (nSPS) is 25.1. The first-order chi connectivity index (χ1) is 13.1. The van der Waals surface area contributed by atoms with Gasteiger partial charge >= 0.3 is 0 Å². The molecule has 1 saturated carbocycles. The topological polar surface area (TPSA) is 64.3 Å². The summed E-state index contributed by atoms with van der Waals surface area (Å²) < 4.78 is 5.80. The number of carbonyl (C=O) groups excluding carboxylic acids is 1. The molecule has 3 unspecified atom stereocenters. The first-order valence-corrected chi connectivity index (χ1v) is 12.4. The third-order valence-electron chi connectivity index (χ3n) is 5.69. The highest BCUT2D eigenvalue weighted by atomic mass is 32.2. The molecule has 3 atom stereocenters. The number of hydrogen-bond acceptors (Lipinski definition) is 5. The lowest BCUT2D eigenvalue weighted by molar-refractivity contribution is 0.0642. The zero-order valence-corrected chi connectivity index (χ0v) is 20.3. The second-order valence-electron chi connectivity index (χ2n) is 9.44. The van der Waals surface area contributed by atoms with Crippen molar-refractivity contribution in [3.8, 4) is 0 Å². The van der Waals surface area contributed by atoms with Crippen LogP contribution in [0.25, 0.3) is 0 Å². The standard InChI is InChI=1S/C22H42N2O2S2/c1-6-8-10-12-26-19(27)18(23)22(5)15-17(14-21(3,4)16-22)24-20(25)28-13-11-9-7-2/h17-18H,6-16,23H2,1-5H3,(H,24,25). The minimum Gasteiger partial charge on any atom is -0.485 e. The molecule has 3 N–H and O–H groups in total. The van der Waals surface area contributed by atoms with Crippen LogP contribution in [0.1, 0.15) is 92.4 Å². The van der Waals surface area contributed by atoms with E-state index in [4.69, 9.17) is 22.7 Å². The molecule has 1 aliphatic rings. The van der Waals surface area contributed by atoms with E-state index in [0.717, 1.165) is 50.7 Å². The number of nitrogens with two attached hydrogens (primary N) is 1. The van der Waals surface area contributed by atoms with Crippen LogP contribution >= 0.6 is 24.0 Å². The van der Waals surface area contributed by atoms with Crippen molar-refractivity contribution in [1.82, 2.24) is 5.32 Å². The number of carbonyl (C=O) groups is 1. The van der Waals surface area contributed by atoms with Crippen molar-refractivity contribution < 1.29 is 9.53 Å². The summed E-state index contributed by atoms with van der Waals surface area (Å²) in [7, 11) is 0. The fourth-order valence-corrected chi connectivity index (χ4v) is 5.65. The maximum atomic E-state index is 12.4. The van der Waals surface area contributed by atoms with Crippen LogP contribution < -0.4 is 11.1 Å². The van der Waals surface area contributed by atoms with E-state index < -0.39 is 0 Å². The molecular formula is C22H42N2O2S2. The Hall–Kier alpha value is -0.330. The lowest BCUT2D eigenvalue weighted by Crippen LogP contribution is -2.55. The maximum Gasteiger partial charge on any atom is 0.279 e. The molecule has 0 saturated heterocycles. The summed E-state index contributed by atoms with van der Waals surface area (Å²) >= 11 is 6.93. The van der Waals surface area contributed by atoms with Crippen LogP contribution in [0.4, 0.5) is 4.79 Å². The van der Waals surface area contributed by atoms with Crippen molar-refractivity contribution in [2.45, 2.75) is 104 Å². The molecule has 0 aromatic heterocycles. The summed E-state index contributed by atoms with van der Waals surface area (Å²) in [6.45, 7) is 11.7. The van der Waals surface area contributed by atoms with Crippen LogP contribution in [0.15, 0.2) is 0 Å². The number of ether oxygens (including phenoxy) is 1. The predicted molar refractivity (Wildman–Crippen MR) is 126 cm³/mol. The quantitative estimate of drug-likeness (QED) is 0.308. The Morgan fingerprint density at radius 1 is 1.18 bits per heavy atom. The second-order valence-corrected chi connectivity index (χ2v) is 10.9. The van der Waals surface area contributed by atoms with Crippen LogP contribution in [0, 0.1) is 10.8 Å². The molecule has 0 aliphatic heterocycles. The van der Waals surface area contributed by atoms with Crippen molar-refractivity contribution in [3.05, 3.63) is 0 Å². The number of amides is 1. The molecule has 6 heteroatoms. The number of hydrogen-bond donors (Lipinski definition) is 2. The van der Waals surface area contributed by atoms with Gasteiger partial charge in [0.2, 0.25) is 0 Å². The SMILES string of the molecule is CCCCCOC(=S)C(N)C1(C)CC(NC(=O)SCCCCC)CC(C)(C)C1. The number of thiocarbonyl (C=S) groups is 1. The van der Waals surface area contributed by atoms with Crippen molar-refractivity contribution in [2.24, 2.45) is 16.6 Å². The summed E-state index contributed by atoms with van der Waals surface area (Å²) in [6, 6.07) is -0.158. The van der Waals surface area contributed by atoms with Crippen LogP contribution in [0.2, 0.25) is 0 Å². The molecule has 0 heterocycles. The van der Waals surface area contributed by atoms with E-state index in [2.05, 4.69) is 39.9 Å². The fourth-order valence-electron chi connectivity index (χ4n) is 4.50. The zero-order valence-electron chi connectivity index (χ0n) is 18.6. The van der Waals surface area contributed by atoms with Crippen LogP contribution in [-0.4, -0.2) is 34.7 Å². The monoisotopic (exact) mass is 430 g/mol. The number of nitrogens with one attached hydrogen (secondary N) is 1. The number of unbranched alkanes of at least 4 members (excludes halogenated alkanes) is 4. The minimum absolute atomic E-state index is 0.0908. The second kappa shape index (κ2) is 12.4. The molecule has 0 aromatic carbocycles. The molecule has 0 bridgehead atoms. The molecule has 1 fully saturated rings. The van der Waals surface area contributed by atoms with Crippen LogP contribution in [0.5, 0.6) is 0 Å². The first kappa shape index (κ1) is 25.7. The Labute approximate surface area is 182 Å². The fraction of sp³-hybridized carbons (Fsp3) is 0.909. The third kappa shape index (κ3) is 9.00. The van der Waals surface area contributed by atoms with Gasteiger partial charge in [-0.25, -0.2) is 0 Å². The molecule has 1 rings (SSSR count). The number of rotatable bonds is 11. The molecule has 28 heavy (non-hydrogen) atoms. The van der Waals surface area contributed by atoms with E-state index >= 15 is 0 Å². The summed E-state index contributed by atoms with van der Waals surface area (Å²) in [5.74, 6) is 0.891. The van der Waals surface area contributed by atoms with Gasteiger partial charge in [-0.15, -0.1) is 0 Å². The van der Waals surface area contributed by atoms with Crippen LogP contribution in [-0.2, 0) is 4.74 Å². The largest absolute Gasteiger partial charge is 0.485 e. The minimum atomic E-state index is -0.291. The molecule has 0 spiro atoms. The van der Waals surface area contributed by atoms with Gasteiger partial charge in [-0.05, 0) is 55.2 Å². The van der Waals surface area contributed by atoms with Gasteiger partial charge in [-0.3, -0.25) is 4.79 Å². The molecular weight excluding hydrogens is 388 g/mol. The van der Waals surface area contributed by atoms with Crippen molar-refractivity contribution in [1.29, 1.82) is 0 Å². The van der Waals surface area contributed by atoms with E-state index in [1.165, 1.54) is 24.6 Å². The summed E-state index contributed by atoms with van der Waals surface area (Å²) in [5, 5.41) is 3.86. The first-order valence-electron chi connectivity index (χ1n) is 11.0. The summed E-state index contributed by atoms with van der Waals surface area (Å²) in [5.41, 5.74) is 6.52.